The Morgan fingerprint density at radius 2 is 1.66 bits per heavy atom. The van der Waals surface area contributed by atoms with E-state index in [1.54, 1.807) is 18.2 Å². The number of Topliss-reactive ketones (excluding diaryl/α,β-unsaturated/α-hetero) is 1. The maximum atomic E-state index is 13.4. The number of hydrogen-bond donors (Lipinski definition) is 1. The van der Waals surface area contributed by atoms with Crippen LogP contribution in [0.3, 0.4) is 0 Å². The Morgan fingerprint density at radius 3 is 2.31 bits per heavy atom. The Kier molecular flexibility index (Phi) is 5.51. The fraction of sp³-hybridized carbons (Fsp3) is 0.267. The molecule has 0 aromatic heterocycles. The van der Waals surface area contributed by atoms with Crippen LogP contribution in [0.5, 0.6) is 5.75 Å². The normalized spacial score (nSPS) is 21.2. The number of carbonyl (C=O) groups excluding carboxylic acids is 2. The Hall–Kier alpha value is -3.86. The van der Waals surface area contributed by atoms with Gasteiger partial charge in [0.15, 0.2) is 0 Å². The lowest BCUT2D eigenvalue weighted by molar-refractivity contribution is -0.132. The number of aliphatic hydroxyl groups is 1. The Balaban J connectivity index is 1.67. The number of rotatable bonds is 3. The van der Waals surface area contributed by atoms with Gasteiger partial charge in [-0.3, -0.25) is 14.5 Å². The van der Waals surface area contributed by atoms with Crippen molar-refractivity contribution < 1.29 is 19.4 Å². The second-order valence-electron chi connectivity index (χ2n) is 10.3. The van der Waals surface area contributed by atoms with Crippen LogP contribution in [0.15, 0.2) is 78.4 Å². The number of carbonyl (C=O) groups is 2. The molecule has 2 unspecified atom stereocenters. The third kappa shape index (κ3) is 4.01. The van der Waals surface area contributed by atoms with Gasteiger partial charge >= 0.3 is 0 Å². The van der Waals surface area contributed by atoms with Crippen molar-refractivity contribution in [3.8, 4) is 5.75 Å². The second kappa shape index (κ2) is 8.42. The van der Waals surface area contributed by atoms with Crippen LogP contribution in [0.25, 0.3) is 5.76 Å². The summed E-state index contributed by atoms with van der Waals surface area (Å²) in [7, 11) is 0. The summed E-state index contributed by atoms with van der Waals surface area (Å²) in [5.74, 6) is -0.732. The highest BCUT2D eigenvalue weighted by molar-refractivity contribution is 6.51. The second-order valence-corrected chi connectivity index (χ2v) is 10.3. The van der Waals surface area contributed by atoms with Gasteiger partial charge in [0.1, 0.15) is 17.6 Å². The van der Waals surface area contributed by atoms with E-state index >= 15 is 0 Å². The van der Waals surface area contributed by atoms with Gasteiger partial charge in [0.2, 0.25) is 0 Å². The van der Waals surface area contributed by atoms with Crippen LogP contribution in [0.4, 0.5) is 5.69 Å². The lowest BCUT2D eigenvalue weighted by atomic mass is 9.85. The average molecular weight is 468 g/mol. The number of hydrogen-bond acceptors (Lipinski definition) is 4. The molecule has 5 rings (SSSR count). The minimum Gasteiger partial charge on any atom is -0.507 e. The third-order valence-electron chi connectivity index (χ3n) is 6.74. The van der Waals surface area contributed by atoms with Gasteiger partial charge in [0.25, 0.3) is 11.7 Å². The number of fused-ring (bicyclic) bond motifs is 1. The number of ether oxygens (including phenoxy) is 1. The van der Waals surface area contributed by atoms with Crippen molar-refractivity contribution >= 4 is 23.1 Å². The number of ketones is 1. The van der Waals surface area contributed by atoms with Crippen LogP contribution in [0, 0.1) is 0 Å². The van der Waals surface area contributed by atoms with E-state index in [0.29, 0.717) is 11.3 Å². The predicted octanol–water partition coefficient (Wildman–Crippen LogP) is 5.93. The first-order chi connectivity index (χ1) is 16.6. The molecule has 5 nitrogen and oxygen atoms in total. The van der Waals surface area contributed by atoms with Crippen molar-refractivity contribution in [2.75, 3.05) is 4.90 Å². The third-order valence-corrected chi connectivity index (χ3v) is 6.74. The molecule has 178 valence electrons. The van der Waals surface area contributed by atoms with Crippen LogP contribution in [-0.4, -0.2) is 22.9 Å². The van der Waals surface area contributed by atoms with Gasteiger partial charge in [0, 0.05) is 17.7 Å². The van der Waals surface area contributed by atoms with Crippen LogP contribution in [0.1, 0.15) is 56.0 Å². The van der Waals surface area contributed by atoms with Crippen LogP contribution in [0.2, 0.25) is 0 Å². The van der Waals surface area contributed by atoms with Gasteiger partial charge in [-0.2, -0.15) is 0 Å². The molecule has 2 aliphatic heterocycles. The molecular weight excluding hydrogens is 438 g/mol. The van der Waals surface area contributed by atoms with E-state index in [1.165, 1.54) is 4.90 Å². The van der Waals surface area contributed by atoms with E-state index < -0.39 is 17.7 Å². The van der Waals surface area contributed by atoms with Crippen LogP contribution >= 0.6 is 0 Å². The van der Waals surface area contributed by atoms with Crippen molar-refractivity contribution in [2.24, 2.45) is 0 Å². The molecule has 1 N–H and O–H groups in total. The van der Waals surface area contributed by atoms with Crippen LogP contribution in [-0.2, 0) is 21.4 Å². The Bertz CT molecular complexity index is 1330. The zero-order chi connectivity index (χ0) is 24.9. The summed E-state index contributed by atoms with van der Waals surface area (Å²) in [6.07, 6.45) is 0.791. The molecule has 0 aliphatic carbocycles. The van der Waals surface area contributed by atoms with E-state index in [1.807, 2.05) is 61.5 Å². The molecule has 35 heavy (non-hydrogen) atoms. The summed E-state index contributed by atoms with van der Waals surface area (Å²) in [6.45, 7) is 8.40. The predicted molar refractivity (Wildman–Crippen MR) is 137 cm³/mol. The Labute approximate surface area is 205 Å². The topological polar surface area (TPSA) is 66.8 Å². The number of nitrogens with zero attached hydrogens (tertiary/aromatic N) is 1. The van der Waals surface area contributed by atoms with Crippen LogP contribution < -0.4 is 9.64 Å². The number of amides is 1. The number of benzene rings is 3. The molecule has 0 radical (unpaired) electrons. The highest BCUT2D eigenvalue weighted by atomic mass is 16.5. The molecule has 3 aromatic rings. The molecule has 2 heterocycles. The van der Waals surface area contributed by atoms with E-state index in [0.717, 1.165) is 28.9 Å². The van der Waals surface area contributed by atoms with Gasteiger partial charge in [0.05, 0.1) is 11.6 Å². The van der Waals surface area contributed by atoms with Crippen molar-refractivity contribution in [1.82, 2.24) is 0 Å². The molecule has 2 atom stereocenters. The van der Waals surface area contributed by atoms with Gasteiger partial charge in [-0.1, -0.05) is 63.2 Å². The van der Waals surface area contributed by atoms with Gasteiger partial charge in [-0.25, -0.2) is 0 Å². The molecule has 2 aliphatic rings. The fourth-order valence-electron chi connectivity index (χ4n) is 4.89. The van der Waals surface area contributed by atoms with E-state index in [9.17, 15) is 14.7 Å². The zero-order valence-corrected chi connectivity index (χ0v) is 20.4. The van der Waals surface area contributed by atoms with Gasteiger partial charge in [-0.15, -0.1) is 0 Å². The molecule has 0 bridgehead atoms. The zero-order valence-electron chi connectivity index (χ0n) is 20.4. The molecular formula is C30H29NO4. The highest BCUT2D eigenvalue weighted by Crippen LogP contribution is 2.43. The maximum absolute atomic E-state index is 13.4. The summed E-state index contributed by atoms with van der Waals surface area (Å²) < 4.78 is 5.78. The number of anilines is 1. The molecule has 1 amide bonds. The SMILES string of the molecule is CC1Cc2cc(/C(O)=C3/C(=O)C(=O)N(c4ccccc4)C3c3ccc(C(C)(C)C)cc3)ccc2O1. The average Bonchev–Trinajstić information content (AvgIpc) is 3.34. The molecule has 1 fully saturated rings. The summed E-state index contributed by atoms with van der Waals surface area (Å²) in [5.41, 5.74) is 4.05. The van der Waals surface area contributed by atoms with Gasteiger partial charge < -0.3 is 9.84 Å². The van der Waals surface area contributed by atoms with Crippen molar-refractivity contribution in [3.63, 3.8) is 0 Å². The van der Waals surface area contributed by atoms with E-state index in [2.05, 4.69) is 20.8 Å². The molecule has 3 aromatic carbocycles. The maximum Gasteiger partial charge on any atom is 0.300 e. The summed E-state index contributed by atoms with van der Waals surface area (Å²) in [6, 6.07) is 21.7. The largest absolute Gasteiger partial charge is 0.507 e. The quantitative estimate of drug-likeness (QED) is 0.294. The minimum atomic E-state index is -0.741. The summed E-state index contributed by atoms with van der Waals surface area (Å²) >= 11 is 0. The fourth-order valence-corrected chi connectivity index (χ4v) is 4.89. The standard InChI is InChI=1S/C30H29NO4/c1-18-16-21-17-20(12-15-24(21)35-18)27(32)25-26(19-10-13-22(14-11-19)30(2,3)4)31(29(34)28(25)33)23-8-6-5-7-9-23/h5-15,17-18,26,32H,16H2,1-4H3/b27-25-. The van der Waals surface area contributed by atoms with E-state index in [-0.39, 0.29) is 22.9 Å². The highest BCUT2D eigenvalue weighted by Gasteiger charge is 2.47. The molecule has 1 saturated heterocycles. The lowest BCUT2D eigenvalue weighted by Gasteiger charge is -2.26. The monoisotopic (exact) mass is 467 g/mol. The first-order valence-electron chi connectivity index (χ1n) is 11.9. The first-order valence-corrected chi connectivity index (χ1v) is 11.9. The number of para-hydroxylation sites is 1. The Morgan fingerprint density at radius 1 is 0.971 bits per heavy atom. The van der Waals surface area contributed by atoms with E-state index in [4.69, 9.17) is 4.74 Å². The summed E-state index contributed by atoms with van der Waals surface area (Å²) in [4.78, 5) is 28.2. The van der Waals surface area contributed by atoms with Crippen molar-refractivity contribution in [3.05, 3.63) is 101 Å². The molecule has 0 saturated carbocycles. The van der Waals surface area contributed by atoms with Gasteiger partial charge in [-0.05, 0) is 59.4 Å². The molecule has 5 heteroatoms. The van der Waals surface area contributed by atoms with Crippen molar-refractivity contribution in [1.29, 1.82) is 0 Å². The first kappa shape index (κ1) is 22.9. The summed E-state index contributed by atoms with van der Waals surface area (Å²) in [5, 5.41) is 11.4. The van der Waals surface area contributed by atoms with Crippen molar-refractivity contribution in [2.45, 2.75) is 51.7 Å². The molecule has 0 spiro atoms. The minimum absolute atomic E-state index is 0.0383. The lowest BCUT2D eigenvalue weighted by Crippen LogP contribution is -2.29. The smallest absolute Gasteiger partial charge is 0.300 e. The number of aliphatic hydroxyl groups excluding tert-OH is 1.